The number of carbonyl (C=O) groups excluding carboxylic acids is 1. The highest BCUT2D eigenvalue weighted by Crippen LogP contribution is 2.27. The fraction of sp³-hybridized carbons (Fsp3) is 0.364. The van der Waals surface area contributed by atoms with E-state index in [4.69, 9.17) is 0 Å². The molecule has 28 heavy (non-hydrogen) atoms. The van der Waals surface area contributed by atoms with E-state index in [1.807, 2.05) is 0 Å². The third-order valence-electron chi connectivity index (χ3n) is 4.12. The number of benzene rings is 2. The first-order valence-corrected chi connectivity index (χ1v) is 9.37. The molecule has 0 unspecified atom stereocenters. The van der Waals surface area contributed by atoms with Crippen molar-refractivity contribution < 1.29 is 19.1 Å². The van der Waals surface area contributed by atoms with Gasteiger partial charge in [0.1, 0.15) is 5.82 Å². The molecule has 0 bridgehead atoms. The Hall–Kier alpha value is -2.89. The summed E-state index contributed by atoms with van der Waals surface area (Å²) in [7, 11) is 0. The van der Waals surface area contributed by atoms with E-state index in [1.165, 1.54) is 24.3 Å². The molecule has 0 atom stereocenters. The van der Waals surface area contributed by atoms with E-state index in [0.29, 0.717) is 23.2 Å². The van der Waals surface area contributed by atoms with E-state index in [0.717, 1.165) is 13.1 Å². The minimum atomic E-state index is -1.07. The van der Waals surface area contributed by atoms with Gasteiger partial charge in [-0.15, -0.1) is 0 Å². The van der Waals surface area contributed by atoms with Gasteiger partial charge in [-0.2, -0.15) is 0 Å². The molecule has 150 valence electrons. The summed E-state index contributed by atoms with van der Waals surface area (Å²) < 4.78 is 13.8. The van der Waals surface area contributed by atoms with Crippen LogP contribution in [0.2, 0.25) is 0 Å². The average molecular weight is 386 g/mol. The SMILES string of the molecule is CC(C)CN(CC(C)C)c1ccc(NC(=O)c2ccccc2F)cc1C(=O)O. The third kappa shape index (κ3) is 5.55. The fourth-order valence-corrected chi connectivity index (χ4v) is 3.06. The topological polar surface area (TPSA) is 69.6 Å². The molecule has 0 spiro atoms. The molecule has 0 fully saturated rings. The number of carboxylic acid groups (broad SMARTS) is 1. The predicted octanol–water partition coefficient (Wildman–Crippen LogP) is 4.89. The molecule has 2 N–H and O–H groups in total. The number of hydrogen-bond donors (Lipinski definition) is 2. The fourth-order valence-electron chi connectivity index (χ4n) is 3.06. The standard InChI is InChI=1S/C22H27FN2O3/c1-14(2)12-25(13-15(3)4)20-10-9-16(11-18(20)22(27)28)24-21(26)17-7-5-6-8-19(17)23/h5-11,14-15H,12-13H2,1-4H3,(H,24,26)(H,27,28). The van der Waals surface area contributed by atoms with Gasteiger partial charge in [-0.1, -0.05) is 39.8 Å². The molecular weight excluding hydrogens is 359 g/mol. The van der Waals surface area contributed by atoms with Crippen LogP contribution >= 0.6 is 0 Å². The second-order valence-corrected chi connectivity index (χ2v) is 7.66. The Morgan fingerprint density at radius 3 is 2.14 bits per heavy atom. The monoisotopic (exact) mass is 386 g/mol. The minimum absolute atomic E-state index is 0.0929. The molecule has 2 aromatic carbocycles. The zero-order valence-electron chi connectivity index (χ0n) is 16.7. The van der Waals surface area contributed by atoms with Gasteiger partial charge in [0.2, 0.25) is 0 Å². The molecule has 0 aliphatic carbocycles. The Labute approximate surface area is 165 Å². The van der Waals surface area contributed by atoms with Crippen molar-refractivity contribution in [1.82, 2.24) is 0 Å². The van der Waals surface area contributed by atoms with Gasteiger partial charge in [-0.25, -0.2) is 9.18 Å². The second-order valence-electron chi connectivity index (χ2n) is 7.66. The molecule has 0 aliphatic heterocycles. The second kappa shape index (κ2) is 9.35. The van der Waals surface area contributed by atoms with Gasteiger partial charge in [0, 0.05) is 18.8 Å². The highest BCUT2D eigenvalue weighted by Gasteiger charge is 2.20. The van der Waals surface area contributed by atoms with Crippen molar-refractivity contribution in [3.05, 3.63) is 59.4 Å². The first kappa shape index (κ1) is 21.4. The minimum Gasteiger partial charge on any atom is -0.478 e. The summed E-state index contributed by atoms with van der Waals surface area (Å²) >= 11 is 0. The highest BCUT2D eigenvalue weighted by molar-refractivity contribution is 6.05. The Morgan fingerprint density at radius 1 is 1.00 bits per heavy atom. The van der Waals surface area contributed by atoms with Crippen LogP contribution in [0.4, 0.5) is 15.8 Å². The largest absolute Gasteiger partial charge is 0.478 e. The van der Waals surface area contributed by atoms with Crippen LogP contribution in [-0.2, 0) is 0 Å². The smallest absolute Gasteiger partial charge is 0.337 e. The van der Waals surface area contributed by atoms with Crippen LogP contribution in [0.15, 0.2) is 42.5 Å². The number of carboxylic acids is 1. The van der Waals surface area contributed by atoms with E-state index in [-0.39, 0.29) is 11.1 Å². The lowest BCUT2D eigenvalue weighted by molar-refractivity contribution is 0.0697. The summed E-state index contributed by atoms with van der Waals surface area (Å²) in [6.07, 6.45) is 0. The van der Waals surface area contributed by atoms with Gasteiger partial charge >= 0.3 is 5.97 Å². The van der Waals surface area contributed by atoms with Crippen LogP contribution in [0, 0.1) is 17.7 Å². The Bertz CT molecular complexity index is 839. The lowest BCUT2D eigenvalue weighted by atomic mass is 10.1. The van der Waals surface area contributed by atoms with Crippen LogP contribution in [0.25, 0.3) is 0 Å². The first-order chi connectivity index (χ1) is 13.2. The molecule has 0 saturated heterocycles. The molecule has 0 heterocycles. The van der Waals surface area contributed by atoms with Crippen LogP contribution in [-0.4, -0.2) is 30.1 Å². The number of nitrogens with zero attached hydrogens (tertiary/aromatic N) is 1. The number of rotatable bonds is 8. The molecule has 0 aliphatic rings. The normalized spacial score (nSPS) is 11.0. The van der Waals surface area contributed by atoms with Crippen molar-refractivity contribution in [2.45, 2.75) is 27.7 Å². The Morgan fingerprint density at radius 2 is 1.61 bits per heavy atom. The zero-order chi connectivity index (χ0) is 20.8. The van der Waals surface area contributed by atoms with Crippen LogP contribution in [0.5, 0.6) is 0 Å². The summed E-state index contributed by atoms with van der Waals surface area (Å²) in [4.78, 5) is 26.2. The number of aromatic carboxylic acids is 1. The molecule has 6 heteroatoms. The molecule has 5 nitrogen and oxygen atoms in total. The number of hydrogen-bond acceptors (Lipinski definition) is 3. The summed E-state index contributed by atoms with van der Waals surface area (Å²) in [5, 5.41) is 12.3. The number of amides is 1. The third-order valence-corrected chi connectivity index (χ3v) is 4.12. The Kier molecular flexibility index (Phi) is 7.15. The van der Waals surface area contributed by atoms with E-state index in [9.17, 15) is 19.1 Å². The molecule has 1 amide bonds. The maximum atomic E-state index is 13.8. The zero-order valence-corrected chi connectivity index (χ0v) is 16.7. The van der Waals surface area contributed by atoms with E-state index in [1.54, 1.807) is 18.2 Å². The van der Waals surface area contributed by atoms with Gasteiger partial charge in [0.15, 0.2) is 0 Å². The molecular formula is C22H27FN2O3. The van der Waals surface area contributed by atoms with Crippen LogP contribution in [0.3, 0.4) is 0 Å². The highest BCUT2D eigenvalue weighted by atomic mass is 19.1. The van der Waals surface area contributed by atoms with Gasteiger partial charge in [0.05, 0.1) is 16.8 Å². The molecule has 0 aromatic heterocycles. The van der Waals surface area contributed by atoms with Crippen molar-refractivity contribution in [2.75, 3.05) is 23.3 Å². The van der Waals surface area contributed by atoms with E-state index < -0.39 is 17.7 Å². The summed E-state index contributed by atoms with van der Waals surface area (Å²) in [5.74, 6) is -1.60. The molecule has 2 aromatic rings. The van der Waals surface area contributed by atoms with E-state index in [2.05, 4.69) is 37.9 Å². The average Bonchev–Trinajstić information content (AvgIpc) is 2.60. The number of nitrogens with one attached hydrogen (secondary N) is 1. The van der Waals surface area contributed by atoms with Gasteiger partial charge in [-0.05, 0) is 42.2 Å². The van der Waals surface area contributed by atoms with Crippen molar-refractivity contribution >= 4 is 23.3 Å². The van der Waals surface area contributed by atoms with Gasteiger partial charge < -0.3 is 15.3 Å². The van der Waals surface area contributed by atoms with Crippen LogP contribution < -0.4 is 10.2 Å². The lowest BCUT2D eigenvalue weighted by Crippen LogP contribution is -2.32. The van der Waals surface area contributed by atoms with Gasteiger partial charge in [-0.3, -0.25) is 4.79 Å². The Balaban J connectivity index is 2.34. The first-order valence-electron chi connectivity index (χ1n) is 9.37. The van der Waals surface area contributed by atoms with Crippen molar-refractivity contribution in [3.63, 3.8) is 0 Å². The molecule has 0 saturated carbocycles. The maximum Gasteiger partial charge on any atom is 0.337 e. The summed E-state index contributed by atoms with van der Waals surface area (Å²) in [6, 6.07) is 10.4. The lowest BCUT2D eigenvalue weighted by Gasteiger charge is -2.30. The van der Waals surface area contributed by atoms with E-state index >= 15 is 0 Å². The number of halogens is 1. The summed E-state index contributed by atoms with van der Waals surface area (Å²) in [5.41, 5.74) is 0.930. The molecule has 0 radical (unpaired) electrons. The van der Waals surface area contributed by atoms with Crippen molar-refractivity contribution in [3.8, 4) is 0 Å². The van der Waals surface area contributed by atoms with Crippen molar-refractivity contribution in [2.24, 2.45) is 11.8 Å². The van der Waals surface area contributed by atoms with Crippen LogP contribution in [0.1, 0.15) is 48.4 Å². The summed E-state index contributed by atoms with van der Waals surface area (Å²) in [6.45, 7) is 9.76. The number of anilines is 2. The molecule has 2 rings (SSSR count). The van der Waals surface area contributed by atoms with Crippen molar-refractivity contribution in [1.29, 1.82) is 0 Å². The van der Waals surface area contributed by atoms with Gasteiger partial charge in [0.25, 0.3) is 5.91 Å². The maximum absolute atomic E-state index is 13.8. The quantitative estimate of drug-likeness (QED) is 0.677. The predicted molar refractivity (Wildman–Crippen MR) is 110 cm³/mol. The number of carbonyl (C=O) groups is 2.